The van der Waals surface area contributed by atoms with Crippen LogP contribution in [0.2, 0.25) is 0 Å². The van der Waals surface area contributed by atoms with Crippen LogP contribution in [0.15, 0.2) is 22.7 Å². The lowest BCUT2D eigenvalue weighted by Gasteiger charge is -2.16. The van der Waals surface area contributed by atoms with Crippen LogP contribution in [0.3, 0.4) is 0 Å². The number of rotatable bonds is 8. The maximum atomic E-state index is 5.78. The Bertz CT molecular complexity index is 379. The van der Waals surface area contributed by atoms with E-state index < -0.39 is 0 Å². The third kappa shape index (κ3) is 5.96. The summed E-state index contributed by atoms with van der Waals surface area (Å²) in [6.07, 6.45) is 2.33. The highest BCUT2D eigenvalue weighted by Crippen LogP contribution is 2.27. The molecule has 0 fully saturated rings. The highest BCUT2D eigenvalue weighted by molar-refractivity contribution is 9.10. The summed E-state index contributed by atoms with van der Waals surface area (Å²) in [5.74, 6) is 1.70. The van der Waals surface area contributed by atoms with E-state index in [9.17, 15) is 0 Å². The monoisotopic (exact) mass is 327 g/mol. The van der Waals surface area contributed by atoms with E-state index in [1.54, 1.807) is 0 Å². The van der Waals surface area contributed by atoms with Gasteiger partial charge in [0.05, 0.1) is 6.61 Å². The number of benzene rings is 1. The average molecular weight is 328 g/mol. The van der Waals surface area contributed by atoms with Crippen LogP contribution in [0, 0.1) is 5.92 Å². The van der Waals surface area contributed by atoms with Gasteiger partial charge in [-0.3, -0.25) is 0 Å². The van der Waals surface area contributed by atoms with Crippen LogP contribution in [0.5, 0.6) is 5.75 Å². The molecule has 19 heavy (non-hydrogen) atoms. The number of hydrogen-bond acceptors (Lipinski definition) is 2. The van der Waals surface area contributed by atoms with Crippen LogP contribution >= 0.6 is 15.9 Å². The lowest BCUT2D eigenvalue weighted by Crippen LogP contribution is -2.18. The van der Waals surface area contributed by atoms with Gasteiger partial charge in [0.15, 0.2) is 0 Å². The Morgan fingerprint density at radius 1 is 1.26 bits per heavy atom. The normalized spacial score (nSPS) is 12.7. The summed E-state index contributed by atoms with van der Waals surface area (Å²) in [4.78, 5) is 0. The van der Waals surface area contributed by atoms with Crippen molar-refractivity contribution in [3.05, 3.63) is 28.2 Å². The first kappa shape index (κ1) is 16.5. The maximum absolute atomic E-state index is 5.78. The van der Waals surface area contributed by atoms with Crippen molar-refractivity contribution in [2.45, 2.75) is 46.6 Å². The summed E-state index contributed by atoms with van der Waals surface area (Å²) in [5, 5.41) is 3.42. The van der Waals surface area contributed by atoms with Crippen LogP contribution in [0.4, 0.5) is 0 Å². The van der Waals surface area contributed by atoms with Gasteiger partial charge < -0.3 is 10.1 Å². The average Bonchev–Trinajstić information content (AvgIpc) is 2.34. The van der Waals surface area contributed by atoms with Crippen LogP contribution in [0.25, 0.3) is 0 Å². The molecule has 0 aliphatic carbocycles. The molecule has 108 valence electrons. The molecule has 1 aromatic rings. The Balaban J connectivity index is 2.52. The summed E-state index contributed by atoms with van der Waals surface area (Å²) in [6.45, 7) is 10.6. The van der Waals surface area contributed by atoms with Crippen LogP contribution in [-0.4, -0.2) is 13.2 Å². The first-order valence-electron chi connectivity index (χ1n) is 7.20. The highest BCUT2D eigenvalue weighted by atomic mass is 79.9. The minimum Gasteiger partial charge on any atom is -0.494 e. The summed E-state index contributed by atoms with van der Waals surface area (Å²) in [5.41, 5.74) is 1.27. The van der Waals surface area contributed by atoms with Crippen molar-refractivity contribution in [3.8, 4) is 5.75 Å². The Labute approximate surface area is 126 Å². The van der Waals surface area contributed by atoms with Gasteiger partial charge in [0.25, 0.3) is 0 Å². The molecule has 0 amide bonds. The zero-order chi connectivity index (χ0) is 14.3. The minimum absolute atomic E-state index is 0.356. The Morgan fingerprint density at radius 2 is 2.00 bits per heavy atom. The van der Waals surface area contributed by atoms with Gasteiger partial charge in [0.2, 0.25) is 0 Å². The minimum atomic E-state index is 0.356. The van der Waals surface area contributed by atoms with E-state index in [-0.39, 0.29) is 0 Å². The zero-order valence-corrected chi connectivity index (χ0v) is 14.1. The zero-order valence-electron chi connectivity index (χ0n) is 12.5. The second-order valence-electron chi connectivity index (χ2n) is 5.35. The largest absolute Gasteiger partial charge is 0.494 e. The molecule has 1 atom stereocenters. The maximum Gasteiger partial charge on any atom is 0.120 e. The smallest absolute Gasteiger partial charge is 0.120 e. The molecule has 0 aliphatic rings. The molecule has 0 aliphatic heterocycles. The highest BCUT2D eigenvalue weighted by Gasteiger charge is 2.09. The lowest BCUT2D eigenvalue weighted by atomic mass is 10.1. The molecule has 0 saturated heterocycles. The Morgan fingerprint density at radius 3 is 2.58 bits per heavy atom. The Kier molecular flexibility index (Phi) is 7.47. The number of ether oxygens (including phenoxy) is 1. The van der Waals surface area contributed by atoms with E-state index in [2.05, 4.69) is 67.1 Å². The molecule has 0 spiro atoms. The Hall–Kier alpha value is -0.540. The predicted molar refractivity (Wildman–Crippen MR) is 85.8 cm³/mol. The summed E-state index contributed by atoms with van der Waals surface area (Å²) < 4.78 is 6.89. The molecule has 0 heterocycles. The number of halogens is 1. The standard InChI is InChI=1S/C16H26BrNO/c1-5-18-13(4)15-9-8-14(11-16(15)17)19-10-6-7-12(2)3/h8-9,11-13,18H,5-7,10H2,1-4H3. The van der Waals surface area contributed by atoms with Gasteiger partial charge >= 0.3 is 0 Å². The predicted octanol–water partition coefficient (Wildman–Crippen LogP) is 4.93. The van der Waals surface area contributed by atoms with Crippen molar-refractivity contribution >= 4 is 15.9 Å². The quantitative estimate of drug-likeness (QED) is 0.683. The van der Waals surface area contributed by atoms with Crippen molar-refractivity contribution in [2.24, 2.45) is 5.92 Å². The summed E-state index contributed by atoms with van der Waals surface area (Å²) in [7, 11) is 0. The van der Waals surface area contributed by atoms with Crippen molar-refractivity contribution in [2.75, 3.05) is 13.2 Å². The fourth-order valence-corrected chi connectivity index (χ4v) is 2.75. The van der Waals surface area contributed by atoms with Gasteiger partial charge in [-0.25, -0.2) is 0 Å². The van der Waals surface area contributed by atoms with Crippen LogP contribution in [-0.2, 0) is 0 Å². The van der Waals surface area contributed by atoms with Crippen LogP contribution in [0.1, 0.15) is 52.1 Å². The third-order valence-electron chi connectivity index (χ3n) is 3.14. The van der Waals surface area contributed by atoms with Gasteiger partial charge in [-0.1, -0.05) is 42.8 Å². The molecule has 0 saturated carbocycles. The third-order valence-corrected chi connectivity index (χ3v) is 3.83. The molecule has 0 radical (unpaired) electrons. The van der Waals surface area contributed by atoms with E-state index in [0.29, 0.717) is 6.04 Å². The van der Waals surface area contributed by atoms with E-state index in [1.807, 2.05) is 0 Å². The van der Waals surface area contributed by atoms with Crippen molar-refractivity contribution < 1.29 is 4.74 Å². The van der Waals surface area contributed by atoms with Crippen molar-refractivity contribution in [1.29, 1.82) is 0 Å². The topological polar surface area (TPSA) is 21.3 Å². The molecule has 1 N–H and O–H groups in total. The molecule has 1 rings (SSSR count). The lowest BCUT2D eigenvalue weighted by molar-refractivity contribution is 0.297. The van der Waals surface area contributed by atoms with Crippen molar-refractivity contribution in [3.63, 3.8) is 0 Å². The number of hydrogen-bond donors (Lipinski definition) is 1. The molecule has 3 heteroatoms. The molecular weight excluding hydrogens is 302 g/mol. The first-order chi connectivity index (χ1) is 9.04. The second kappa shape index (κ2) is 8.60. The first-order valence-corrected chi connectivity index (χ1v) is 7.99. The fourth-order valence-electron chi connectivity index (χ4n) is 2.05. The molecule has 1 unspecified atom stereocenters. The van der Waals surface area contributed by atoms with Crippen molar-refractivity contribution in [1.82, 2.24) is 5.32 Å². The van der Waals surface area contributed by atoms with E-state index in [4.69, 9.17) is 4.74 Å². The number of nitrogens with one attached hydrogen (secondary N) is 1. The fraction of sp³-hybridized carbons (Fsp3) is 0.625. The molecule has 0 aromatic heterocycles. The molecule has 2 nitrogen and oxygen atoms in total. The van der Waals surface area contributed by atoms with E-state index in [0.717, 1.165) is 35.7 Å². The molecular formula is C16H26BrNO. The summed E-state index contributed by atoms with van der Waals surface area (Å²) >= 11 is 3.63. The van der Waals surface area contributed by atoms with Crippen LogP contribution < -0.4 is 10.1 Å². The van der Waals surface area contributed by atoms with E-state index in [1.165, 1.54) is 12.0 Å². The van der Waals surface area contributed by atoms with E-state index >= 15 is 0 Å². The molecule has 1 aromatic carbocycles. The summed E-state index contributed by atoms with van der Waals surface area (Å²) in [6, 6.07) is 6.62. The van der Waals surface area contributed by atoms with Gasteiger partial charge in [-0.05, 0) is 49.9 Å². The SMILES string of the molecule is CCNC(C)c1ccc(OCCCC(C)C)cc1Br. The second-order valence-corrected chi connectivity index (χ2v) is 6.20. The van der Waals surface area contributed by atoms with Gasteiger partial charge in [0, 0.05) is 10.5 Å². The van der Waals surface area contributed by atoms with Gasteiger partial charge in [0.1, 0.15) is 5.75 Å². The van der Waals surface area contributed by atoms with Gasteiger partial charge in [-0.15, -0.1) is 0 Å². The van der Waals surface area contributed by atoms with Gasteiger partial charge in [-0.2, -0.15) is 0 Å². The molecule has 0 bridgehead atoms.